The first-order chi connectivity index (χ1) is 12.7. The van der Waals surface area contributed by atoms with E-state index in [4.69, 9.17) is 16.3 Å². The largest absolute Gasteiger partial charge is 0.489 e. The van der Waals surface area contributed by atoms with Gasteiger partial charge in [-0.1, -0.05) is 41.8 Å². The Morgan fingerprint density at radius 1 is 1.19 bits per heavy atom. The van der Waals surface area contributed by atoms with Crippen molar-refractivity contribution in [3.8, 4) is 5.75 Å². The molecule has 8 heteroatoms. The van der Waals surface area contributed by atoms with E-state index in [2.05, 4.69) is 27.8 Å². The molecule has 1 N–H and O–H groups in total. The quantitative estimate of drug-likeness (QED) is 0.643. The number of aryl methyl sites for hydroxylation is 1. The zero-order chi connectivity index (χ0) is 18.4. The fourth-order valence-electron chi connectivity index (χ4n) is 2.40. The molecule has 0 saturated heterocycles. The zero-order valence-corrected chi connectivity index (χ0v) is 15.1. The molecule has 0 atom stereocenters. The number of halogens is 2. The third-order valence-corrected chi connectivity index (χ3v) is 4.14. The fraction of sp³-hybridized carbons (Fsp3) is 0.278. The number of aromatic nitrogens is 4. The van der Waals surface area contributed by atoms with Gasteiger partial charge in [0.1, 0.15) is 18.2 Å². The van der Waals surface area contributed by atoms with Crippen LogP contribution in [-0.2, 0) is 19.7 Å². The van der Waals surface area contributed by atoms with E-state index in [9.17, 15) is 4.39 Å². The van der Waals surface area contributed by atoms with E-state index >= 15 is 0 Å². The van der Waals surface area contributed by atoms with Gasteiger partial charge in [-0.15, -0.1) is 0 Å². The minimum absolute atomic E-state index is 0.0783. The molecular weight excluding hydrogens is 357 g/mol. The molecule has 2 aromatic carbocycles. The molecule has 136 valence electrons. The van der Waals surface area contributed by atoms with Crippen molar-refractivity contribution in [3.05, 3.63) is 64.4 Å². The Morgan fingerprint density at radius 3 is 2.73 bits per heavy atom. The van der Waals surface area contributed by atoms with Crippen LogP contribution in [0.4, 0.5) is 10.3 Å². The molecule has 6 nitrogen and oxygen atoms in total. The van der Waals surface area contributed by atoms with Gasteiger partial charge in [0.2, 0.25) is 5.95 Å². The van der Waals surface area contributed by atoms with E-state index in [1.165, 1.54) is 6.07 Å². The molecule has 3 aromatic rings. The second-order valence-corrected chi connectivity index (χ2v) is 6.12. The molecule has 0 radical (unpaired) electrons. The number of tetrazole rings is 1. The standard InChI is InChI=1S/C18H19ClFN5O/c1-2-10-25-18(22-23-24-25)21-11-13-6-8-14(9-7-13)26-12-15-16(19)4-3-5-17(15)20/h3-9H,2,10-12H2,1H3,(H,21,22,24). The number of nitrogens with zero attached hydrogens (tertiary/aromatic N) is 4. The van der Waals surface area contributed by atoms with Crippen molar-refractivity contribution in [2.45, 2.75) is 33.0 Å². The lowest BCUT2D eigenvalue weighted by atomic mass is 10.2. The third kappa shape index (κ3) is 4.49. The summed E-state index contributed by atoms with van der Waals surface area (Å²) in [6.45, 7) is 3.50. The lowest BCUT2D eigenvalue weighted by molar-refractivity contribution is 0.300. The van der Waals surface area contributed by atoms with Crippen LogP contribution in [0.15, 0.2) is 42.5 Å². The lowest BCUT2D eigenvalue weighted by Gasteiger charge is -2.10. The van der Waals surface area contributed by atoms with E-state index < -0.39 is 0 Å². The Bertz CT molecular complexity index is 833. The Hall–Kier alpha value is -2.67. The Kier molecular flexibility index (Phi) is 6.01. The van der Waals surface area contributed by atoms with Gasteiger partial charge in [0.25, 0.3) is 0 Å². The number of benzene rings is 2. The van der Waals surface area contributed by atoms with Crippen molar-refractivity contribution in [1.29, 1.82) is 0 Å². The SMILES string of the molecule is CCCn1nnnc1NCc1ccc(OCc2c(F)cccc2Cl)cc1. The minimum Gasteiger partial charge on any atom is -0.489 e. The Morgan fingerprint density at radius 2 is 2.00 bits per heavy atom. The van der Waals surface area contributed by atoms with Crippen LogP contribution in [0, 0.1) is 5.82 Å². The van der Waals surface area contributed by atoms with E-state index in [0.29, 0.717) is 28.8 Å². The Labute approximate surface area is 155 Å². The highest BCUT2D eigenvalue weighted by Gasteiger charge is 2.08. The van der Waals surface area contributed by atoms with Crippen LogP contribution in [0.2, 0.25) is 5.02 Å². The van der Waals surface area contributed by atoms with Crippen LogP contribution in [0.3, 0.4) is 0 Å². The minimum atomic E-state index is -0.372. The number of hydrogen-bond donors (Lipinski definition) is 1. The van der Waals surface area contributed by atoms with Crippen LogP contribution in [0.25, 0.3) is 0 Å². The van der Waals surface area contributed by atoms with Crippen molar-refractivity contribution in [3.63, 3.8) is 0 Å². The smallest absolute Gasteiger partial charge is 0.243 e. The second kappa shape index (κ2) is 8.62. The van der Waals surface area contributed by atoms with Crippen molar-refractivity contribution in [2.24, 2.45) is 0 Å². The number of anilines is 1. The van der Waals surface area contributed by atoms with Crippen LogP contribution in [-0.4, -0.2) is 20.2 Å². The highest BCUT2D eigenvalue weighted by atomic mass is 35.5. The lowest BCUT2D eigenvalue weighted by Crippen LogP contribution is -2.08. The molecule has 26 heavy (non-hydrogen) atoms. The summed E-state index contributed by atoms with van der Waals surface area (Å²) in [7, 11) is 0. The first-order valence-electron chi connectivity index (χ1n) is 8.32. The van der Waals surface area contributed by atoms with Gasteiger partial charge in [0.15, 0.2) is 0 Å². The van der Waals surface area contributed by atoms with Crippen molar-refractivity contribution < 1.29 is 9.13 Å². The van der Waals surface area contributed by atoms with Crippen molar-refractivity contribution in [1.82, 2.24) is 20.2 Å². The maximum absolute atomic E-state index is 13.7. The molecule has 0 aliphatic rings. The number of ether oxygens (including phenoxy) is 1. The molecule has 1 aromatic heterocycles. The van der Waals surface area contributed by atoms with Crippen molar-refractivity contribution >= 4 is 17.5 Å². The molecule has 0 aliphatic carbocycles. The Balaban J connectivity index is 1.56. The first kappa shape index (κ1) is 18.1. The average Bonchev–Trinajstić information content (AvgIpc) is 3.08. The van der Waals surface area contributed by atoms with Gasteiger partial charge >= 0.3 is 0 Å². The van der Waals surface area contributed by atoms with Gasteiger partial charge in [0.05, 0.1) is 5.02 Å². The normalized spacial score (nSPS) is 10.7. The number of hydrogen-bond acceptors (Lipinski definition) is 5. The molecule has 0 aliphatic heterocycles. The predicted octanol–water partition coefficient (Wildman–Crippen LogP) is 4.07. The molecular formula is C18H19ClFN5O. The second-order valence-electron chi connectivity index (χ2n) is 5.71. The van der Waals surface area contributed by atoms with E-state index in [1.54, 1.807) is 16.8 Å². The summed E-state index contributed by atoms with van der Waals surface area (Å²) in [6.07, 6.45) is 0.956. The number of rotatable bonds is 8. The molecule has 0 saturated carbocycles. The van der Waals surface area contributed by atoms with Crippen LogP contribution >= 0.6 is 11.6 Å². The fourth-order valence-corrected chi connectivity index (χ4v) is 2.62. The molecule has 0 unspecified atom stereocenters. The van der Waals surface area contributed by atoms with Gasteiger partial charge in [-0.05, 0) is 46.7 Å². The van der Waals surface area contributed by atoms with Gasteiger partial charge in [-0.3, -0.25) is 0 Å². The van der Waals surface area contributed by atoms with E-state index in [-0.39, 0.29) is 12.4 Å². The summed E-state index contributed by atoms with van der Waals surface area (Å²) in [5.41, 5.74) is 1.40. The maximum atomic E-state index is 13.7. The van der Waals surface area contributed by atoms with Crippen LogP contribution in [0.5, 0.6) is 5.75 Å². The molecule has 0 spiro atoms. The average molecular weight is 376 g/mol. The summed E-state index contributed by atoms with van der Waals surface area (Å²) < 4.78 is 21.1. The first-order valence-corrected chi connectivity index (χ1v) is 8.70. The summed E-state index contributed by atoms with van der Waals surface area (Å²) in [5.74, 6) is 0.911. The highest BCUT2D eigenvalue weighted by Crippen LogP contribution is 2.21. The monoisotopic (exact) mass is 375 g/mol. The van der Waals surface area contributed by atoms with E-state index in [0.717, 1.165) is 18.5 Å². The van der Waals surface area contributed by atoms with Gasteiger partial charge in [-0.25, -0.2) is 9.07 Å². The third-order valence-electron chi connectivity index (χ3n) is 3.79. The van der Waals surface area contributed by atoms with Gasteiger partial charge in [0, 0.05) is 18.7 Å². The molecule has 0 bridgehead atoms. The highest BCUT2D eigenvalue weighted by molar-refractivity contribution is 6.31. The van der Waals surface area contributed by atoms with Gasteiger partial charge in [-0.2, -0.15) is 0 Å². The summed E-state index contributed by atoms with van der Waals surface area (Å²) in [6, 6.07) is 12.1. The van der Waals surface area contributed by atoms with Gasteiger partial charge < -0.3 is 10.1 Å². The topological polar surface area (TPSA) is 64.9 Å². The molecule has 1 heterocycles. The summed E-state index contributed by atoms with van der Waals surface area (Å²) in [5, 5.41) is 15.1. The maximum Gasteiger partial charge on any atom is 0.243 e. The van der Waals surface area contributed by atoms with Crippen LogP contribution < -0.4 is 10.1 Å². The van der Waals surface area contributed by atoms with E-state index in [1.807, 2.05) is 24.3 Å². The molecule has 0 fully saturated rings. The number of nitrogens with one attached hydrogen (secondary N) is 1. The van der Waals surface area contributed by atoms with Crippen LogP contribution in [0.1, 0.15) is 24.5 Å². The predicted molar refractivity (Wildman–Crippen MR) is 97.6 cm³/mol. The summed E-state index contributed by atoms with van der Waals surface area (Å²) in [4.78, 5) is 0. The molecule has 3 rings (SSSR count). The van der Waals surface area contributed by atoms with Crippen molar-refractivity contribution in [2.75, 3.05) is 5.32 Å². The molecule has 0 amide bonds. The summed E-state index contributed by atoms with van der Waals surface area (Å²) >= 11 is 6.00. The zero-order valence-electron chi connectivity index (χ0n) is 14.3.